The molecule has 1 heterocycles. The third-order valence-corrected chi connectivity index (χ3v) is 5.33. The molecule has 2 amide bonds. The second-order valence-electron chi connectivity index (χ2n) is 7.36. The predicted octanol–water partition coefficient (Wildman–Crippen LogP) is 4.10. The van der Waals surface area contributed by atoms with Gasteiger partial charge >= 0.3 is 0 Å². The number of carbonyl (C=O) groups is 2. The van der Waals surface area contributed by atoms with E-state index in [2.05, 4.69) is 15.6 Å². The van der Waals surface area contributed by atoms with Crippen molar-refractivity contribution in [2.45, 2.75) is 27.2 Å². The van der Waals surface area contributed by atoms with Crippen molar-refractivity contribution in [2.75, 3.05) is 38.7 Å². The number of carbonyl (C=O) groups excluding carboxylic acids is 2. The van der Waals surface area contributed by atoms with E-state index in [1.165, 1.54) is 11.3 Å². The van der Waals surface area contributed by atoms with E-state index in [9.17, 15) is 9.59 Å². The molecule has 0 radical (unpaired) electrons. The first kappa shape index (κ1) is 24.1. The average molecular weight is 453 g/mol. The molecule has 0 bridgehead atoms. The molecule has 0 unspecified atom stereocenters. The maximum Gasteiger partial charge on any atom is 0.273 e. The molecule has 0 spiro atoms. The second kappa shape index (κ2) is 11.9. The number of hydrogen-bond donors (Lipinski definition) is 2. The van der Waals surface area contributed by atoms with Gasteiger partial charge in [0.25, 0.3) is 5.91 Å². The van der Waals surface area contributed by atoms with Crippen LogP contribution in [0.3, 0.4) is 0 Å². The molecular formula is C21H29ClN4O3S. The molecule has 2 rings (SSSR count). The van der Waals surface area contributed by atoms with Gasteiger partial charge in [0.2, 0.25) is 5.91 Å². The Bertz CT molecular complexity index is 857. The van der Waals surface area contributed by atoms with Gasteiger partial charge in [0, 0.05) is 49.3 Å². The minimum Gasteiger partial charge on any atom is -0.383 e. The molecule has 0 saturated carbocycles. The lowest BCUT2D eigenvalue weighted by Crippen LogP contribution is -2.38. The standard InChI is InChI=1S/C21H29ClN4O3S/c1-14(2)12-23-19(27)7-8-26(9-10-29-4)20(28)18-13-30-21(25-18)24-17-11-16(22)6-5-15(17)3/h5-6,11,13-14H,7-10,12H2,1-4H3,(H,23,27)(H,24,25). The van der Waals surface area contributed by atoms with E-state index in [1.54, 1.807) is 17.4 Å². The number of halogens is 1. The molecule has 0 aliphatic carbocycles. The lowest BCUT2D eigenvalue weighted by molar-refractivity contribution is -0.121. The first-order chi connectivity index (χ1) is 14.3. The summed E-state index contributed by atoms with van der Waals surface area (Å²) in [5, 5.41) is 9.02. The molecule has 164 valence electrons. The largest absolute Gasteiger partial charge is 0.383 e. The van der Waals surface area contributed by atoms with Crippen molar-refractivity contribution in [3.05, 3.63) is 39.9 Å². The van der Waals surface area contributed by atoms with Crippen LogP contribution in [-0.2, 0) is 9.53 Å². The number of ether oxygens (including phenoxy) is 1. The molecule has 0 saturated heterocycles. The Kier molecular flexibility index (Phi) is 9.55. The zero-order valence-electron chi connectivity index (χ0n) is 17.8. The van der Waals surface area contributed by atoms with Crippen LogP contribution in [-0.4, -0.2) is 55.0 Å². The van der Waals surface area contributed by atoms with Crippen molar-refractivity contribution in [2.24, 2.45) is 5.92 Å². The number of aryl methyl sites for hydroxylation is 1. The smallest absolute Gasteiger partial charge is 0.273 e. The minimum atomic E-state index is -0.226. The molecule has 0 aliphatic rings. The first-order valence-corrected chi connectivity index (χ1v) is 11.1. The van der Waals surface area contributed by atoms with Gasteiger partial charge < -0.3 is 20.3 Å². The summed E-state index contributed by atoms with van der Waals surface area (Å²) in [6.07, 6.45) is 0.235. The summed E-state index contributed by atoms with van der Waals surface area (Å²) in [4.78, 5) is 31.0. The predicted molar refractivity (Wildman–Crippen MR) is 122 cm³/mol. The fourth-order valence-corrected chi connectivity index (χ4v) is 3.46. The van der Waals surface area contributed by atoms with Crippen molar-refractivity contribution in [3.63, 3.8) is 0 Å². The molecule has 30 heavy (non-hydrogen) atoms. The third-order valence-electron chi connectivity index (χ3n) is 4.33. The number of nitrogens with one attached hydrogen (secondary N) is 2. The Morgan fingerprint density at radius 3 is 2.77 bits per heavy atom. The Morgan fingerprint density at radius 1 is 1.30 bits per heavy atom. The number of anilines is 2. The molecule has 0 aliphatic heterocycles. The number of benzene rings is 1. The van der Waals surface area contributed by atoms with Gasteiger partial charge in [0.05, 0.1) is 6.61 Å². The summed E-state index contributed by atoms with van der Waals surface area (Å²) < 4.78 is 5.12. The fraction of sp³-hybridized carbons (Fsp3) is 0.476. The van der Waals surface area contributed by atoms with Gasteiger partial charge in [-0.15, -0.1) is 11.3 Å². The summed E-state index contributed by atoms with van der Waals surface area (Å²) in [7, 11) is 1.58. The highest BCUT2D eigenvalue weighted by Crippen LogP contribution is 2.26. The Balaban J connectivity index is 2.03. The zero-order valence-corrected chi connectivity index (χ0v) is 19.4. The van der Waals surface area contributed by atoms with E-state index >= 15 is 0 Å². The quantitative estimate of drug-likeness (QED) is 0.536. The molecule has 9 heteroatoms. The van der Waals surface area contributed by atoms with Crippen molar-refractivity contribution in [3.8, 4) is 0 Å². The number of nitrogens with zero attached hydrogens (tertiary/aromatic N) is 2. The van der Waals surface area contributed by atoms with Crippen LogP contribution < -0.4 is 10.6 Å². The molecule has 2 N–H and O–H groups in total. The minimum absolute atomic E-state index is 0.0732. The normalized spacial score (nSPS) is 10.9. The van der Waals surface area contributed by atoms with E-state index < -0.39 is 0 Å². The van der Waals surface area contributed by atoms with Crippen molar-refractivity contribution >= 4 is 45.6 Å². The van der Waals surface area contributed by atoms with Crippen molar-refractivity contribution < 1.29 is 14.3 Å². The van der Waals surface area contributed by atoms with E-state index in [1.807, 2.05) is 39.0 Å². The first-order valence-electron chi connectivity index (χ1n) is 9.83. The van der Waals surface area contributed by atoms with E-state index in [4.69, 9.17) is 16.3 Å². The van der Waals surface area contributed by atoms with Crippen LogP contribution in [0, 0.1) is 12.8 Å². The molecule has 0 atom stereocenters. The summed E-state index contributed by atoms with van der Waals surface area (Å²) in [5.74, 6) is 0.0797. The van der Waals surface area contributed by atoms with Crippen molar-refractivity contribution in [1.29, 1.82) is 0 Å². The van der Waals surface area contributed by atoms with Crippen LogP contribution in [0.4, 0.5) is 10.8 Å². The number of hydrogen-bond acceptors (Lipinski definition) is 6. The molecule has 1 aromatic heterocycles. The monoisotopic (exact) mass is 452 g/mol. The summed E-state index contributed by atoms with van der Waals surface area (Å²) in [5.41, 5.74) is 2.20. The van der Waals surface area contributed by atoms with Crippen LogP contribution in [0.2, 0.25) is 5.02 Å². The highest BCUT2D eigenvalue weighted by Gasteiger charge is 2.20. The number of rotatable bonds is 11. The Hall–Kier alpha value is -2.16. The molecule has 2 aromatic rings. The van der Waals surface area contributed by atoms with Gasteiger partial charge in [0.1, 0.15) is 5.69 Å². The number of thiazole rings is 1. The second-order valence-corrected chi connectivity index (χ2v) is 8.65. The van der Waals surface area contributed by atoms with E-state index in [-0.39, 0.29) is 18.2 Å². The summed E-state index contributed by atoms with van der Waals surface area (Å²) in [6, 6.07) is 5.56. The summed E-state index contributed by atoms with van der Waals surface area (Å²) >= 11 is 7.41. The Morgan fingerprint density at radius 2 is 2.07 bits per heavy atom. The number of amides is 2. The fourth-order valence-electron chi connectivity index (χ4n) is 2.59. The zero-order chi connectivity index (χ0) is 22.1. The van der Waals surface area contributed by atoms with E-state index in [0.29, 0.717) is 48.0 Å². The van der Waals surface area contributed by atoms with Crippen molar-refractivity contribution in [1.82, 2.24) is 15.2 Å². The number of methoxy groups -OCH3 is 1. The maximum absolute atomic E-state index is 13.0. The highest BCUT2D eigenvalue weighted by atomic mass is 35.5. The topological polar surface area (TPSA) is 83.6 Å². The SMILES string of the molecule is COCCN(CCC(=O)NCC(C)C)C(=O)c1csc(Nc2cc(Cl)ccc2C)n1. The number of aromatic nitrogens is 1. The highest BCUT2D eigenvalue weighted by molar-refractivity contribution is 7.14. The average Bonchev–Trinajstić information content (AvgIpc) is 3.17. The van der Waals surface area contributed by atoms with Gasteiger partial charge in [-0.2, -0.15) is 0 Å². The lowest BCUT2D eigenvalue weighted by Gasteiger charge is -2.21. The Labute approximate surface area is 186 Å². The van der Waals surface area contributed by atoms with Gasteiger partial charge in [-0.3, -0.25) is 9.59 Å². The van der Waals surface area contributed by atoms with Crippen LogP contribution in [0.5, 0.6) is 0 Å². The maximum atomic E-state index is 13.0. The molecule has 7 nitrogen and oxygen atoms in total. The summed E-state index contributed by atoms with van der Waals surface area (Å²) in [6.45, 7) is 7.74. The van der Waals surface area contributed by atoms with Gasteiger partial charge in [-0.1, -0.05) is 31.5 Å². The molecule has 1 aromatic carbocycles. The lowest BCUT2D eigenvalue weighted by atomic mass is 10.2. The van der Waals surface area contributed by atoms with Gasteiger partial charge in [-0.05, 0) is 30.5 Å². The van der Waals surface area contributed by atoms with E-state index in [0.717, 1.165) is 11.3 Å². The van der Waals surface area contributed by atoms with Crippen LogP contribution in [0.1, 0.15) is 36.3 Å². The van der Waals surface area contributed by atoms with Gasteiger partial charge in [-0.25, -0.2) is 4.98 Å². The van der Waals surface area contributed by atoms with Crippen LogP contribution in [0.25, 0.3) is 0 Å². The molecular weight excluding hydrogens is 424 g/mol. The van der Waals surface area contributed by atoms with Gasteiger partial charge in [0.15, 0.2) is 5.13 Å². The molecule has 0 fully saturated rings. The van der Waals surface area contributed by atoms with Crippen LogP contribution >= 0.6 is 22.9 Å². The van der Waals surface area contributed by atoms with Crippen LogP contribution in [0.15, 0.2) is 23.6 Å². The third kappa shape index (κ3) is 7.59.